The second-order valence-corrected chi connectivity index (χ2v) is 5.58. The largest absolute Gasteiger partial charge is 0.507 e. The van der Waals surface area contributed by atoms with Crippen LogP contribution in [-0.2, 0) is 24.2 Å². The Morgan fingerprint density at radius 3 is 1.88 bits per heavy atom. The Hall–Kier alpha value is -1.64. The zero-order valence-corrected chi connectivity index (χ0v) is 10.1. The fourth-order valence-corrected chi connectivity index (χ4v) is 0.994. The van der Waals surface area contributed by atoms with Crippen LogP contribution in [0.1, 0.15) is 19.8 Å². The third-order valence-electron chi connectivity index (χ3n) is 1.73. The van der Waals surface area contributed by atoms with Crippen LogP contribution >= 0.6 is 0 Å². The summed E-state index contributed by atoms with van der Waals surface area (Å²) in [5, 5.41) is 10.1. The second kappa shape index (κ2) is 6.18. The molecule has 0 aromatic carbocycles. The molecule has 8 nitrogen and oxygen atoms in total. The first-order chi connectivity index (χ1) is 7.62. The summed E-state index contributed by atoms with van der Waals surface area (Å²) in [6, 6.07) is 0. The van der Waals surface area contributed by atoms with E-state index in [0.29, 0.717) is 12.8 Å². The summed E-state index contributed by atoms with van der Waals surface area (Å²) in [5.74, 6) is -0.296. The van der Waals surface area contributed by atoms with Gasteiger partial charge in [0.05, 0.1) is 0 Å². The van der Waals surface area contributed by atoms with Crippen LogP contribution in [0.25, 0.3) is 0 Å². The molecule has 0 bridgehead atoms. The molecule has 1 fully saturated rings. The van der Waals surface area contributed by atoms with Crippen LogP contribution in [0.3, 0.4) is 0 Å². The molecule has 9 heteroatoms. The van der Waals surface area contributed by atoms with Gasteiger partial charge in [-0.3, -0.25) is 14.9 Å². The Morgan fingerprint density at radius 1 is 1.35 bits per heavy atom. The maximum absolute atomic E-state index is 10.5. The van der Waals surface area contributed by atoms with Crippen LogP contribution < -0.4 is 5.32 Å². The smallest absolute Gasteiger partial charge is 0.450 e. The predicted octanol–water partition coefficient (Wildman–Crippen LogP) is -0.505. The van der Waals surface area contributed by atoms with E-state index in [1.165, 1.54) is 0 Å². The third kappa shape index (κ3) is 7.28. The van der Waals surface area contributed by atoms with Gasteiger partial charge in [-0.15, -0.1) is 0 Å². The van der Waals surface area contributed by atoms with Gasteiger partial charge < -0.3 is 9.84 Å². The Labute approximate surface area is 97.9 Å². The van der Waals surface area contributed by atoms with Crippen molar-refractivity contribution in [2.45, 2.75) is 25.2 Å². The molecule has 0 aliphatic carbocycles. The number of nitrogens with one attached hydrogen (secondary N) is 1. The molecular formula is C8H13NO7S. The van der Waals surface area contributed by atoms with Gasteiger partial charge in [-0.2, -0.15) is 0 Å². The molecule has 1 aliphatic heterocycles. The molecule has 98 valence electrons. The topological polar surface area (TPSA) is 127 Å². The normalized spacial score (nSPS) is 16.6. The maximum atomic E-state index is 10.5. The molecule has 2 amide bonds. The van der Waals surface area contributed by atoms with Crippen molar-refractivity contribution in [2.24, 2.45) is 0 Å². The molecule has 0 radical (unpaired) electrons. The molecule has 1 heterocycles. The van der Waals surface area contributed by atoms with E-state index in [1.807, 2.05) is 0 Å². The highest BCUT2D eigenvalue weighted by Gasteiger charge is 2.18. The van der Waals surface area contributed by atoms with E-state index in [9.17, 15) is 22.8 Å². The van der Waals surface area contributed by atoms with E-state index in [1.54, 1.807) is 0 Å². The van der Waals surface area contributed by atoms with E-state index >= 15 is 0 Å². The van der Waals surface area contributed by atoms with E-state index in [-0.39, 0.29) is 11.8 Å². The summed E-state index contributed by atoms with van der Waals surface area (Å²) >= 11 is 0. The highest BCUT2D eigenvalue weighted by Crippen LogP contribution is 1.99. The molecule has 0 aromatic rings. The van der Waals surface area contributed by atoms with Crippen LogP contribution in [0.15, 0.2) is 0 Å². The van der Waals surface area contributed by atoms with Crippen molar-refractivity contribution >= 4 is 27.8 Å². The zero-order chi connectivity index (χ0) is 13.6. The summed E-state index contributed by atoms with van der Waals surface area (Å²) in [5.41, 5.74) is -1.29. The minimum absolute atomic E-state index is 0.148. The summed E-state index contributed by atoms with van der Waals surface area (Å²) in [6.07, 6.45) is 0.0658. The molecule has 1 saturated heterocycles. The predicted molar refractivity (Wildman–Crippen MR) is 55.8 cm³/mol. The Balaban J connectivity index is 0.000000318. The molecule has 2 N–H and O–H groups in total. The van der Waals surface area contributed by atoms with Gasteiger partial charge in [0.2, 0.25) is 17.3 Å². The lowest BCUT2D eigenvalue weighted by Crippen LogP contribution is -2.22. The number of rotatable bonds is 2. The number of carbonyl (C=O) groups excluding carboxylic acids is 2. The van der Waals surface area contributed by atoms with Gasteiger partial charge in [0.25, 0.3) is 0 Å². The number of carboxylic acid groups (broad SMARTS) is 1. The number of hydrogen-bond acceptors (Lipinski definition) is 6. The van der Waals surface area contributed by atoms with Crippen molar-refractivity contribution in [3.63, 3.8) is 0 Å². The van der Waals surface area contributed by atoms with E-state index in [4.69, 9.17) is 5.11 Å². The molecule has 1 rings (SSSR count). The molecule has 0 spiro atoms. The van der Waals surface area contributed by atoms with Crippen molar-refractivity contribution in [1.29, 1.82) is 0 Å². The minimum atomic E-state index is -3.40. The van der Waals surface area contributed by atoms with Crippen LogP contribution in [0.2, 0.25) is 0 Å². The van der Waals surface area contributed by atoms with E-state index in [2.05, 4.69) is 10.1 Å². The number of carbonyl (C=O) groups is 3. The number of amides is 2. The average molecular weight is 267 g/mol. The monoisotopic (exact) mass is 267 g/mol. The standard InChI is InChI=1S/C4H5NO2.C4H8O5S/c6-3-1-2-4(7)5-3;1-3(9-4(5)6)10(2,7)8/h1-2H2,(H,5,6,7);3H,1-2H3,(H,5,6). The molecular weight excluding hydrogens is 254 g/mol. The van der Waals surface area contributed by atoms with Crippen LogP contribution in [0, 0.1) is 0 Å². The maximum Gasteiger partial charge on any atom is 0.507 e. The van der Waals surface area contributed by atoms with Gasteiger partial charge in [-0.25, -0.2) is 13.2 Å². The first kappa shape index (κ1) is 15.4. The quantitative estimate of drug-likeness (QED) is 0.509. The van der Waals surface area contributed by atoms with Gasteiger partial charge in [0.15, 0.2) is 9.84 Å². The highest BCUT2D eigenvalue weighted by molar-refractivity contribution is 7.91. The lowest BCUT2D eigenvalue weighted by atomic mass is 10.4. The molecule has 0 aromatic heterocycles. The molecule has 1 unspecified atom stereocenters. The van der Waals surface area contributed by atoms with Crippen molar-refractivity contribution < 1.29 is 32.6 Å². The molecule has 1 aliphatic rings. The van der Waals surface area contributed by atoms with Crippen molar-refractivity contribution in [3.05, 3.63) is 0 Å². The first-order valence-corrected chi connectivity index (χ1v) is 6.49. The number of sulfone groups is 1. The lowest BCUT2D eigenvalue weighted by molar-refractivity contribution is -0.124. The molecule has 0 saturated carbocycles. The van der Waals surface area contributed by atoms with Crippen LogP contribution in [0.4, 0.5) is 4.79 Å². The zero-order valence-electron chi connectivity index (χ0n) is 9.30. The molecule has 17 heavy (non-hydrogen) atoms. The van der Waals surface area contributed by atoms with Gasteiger partial charge in [0.1, 0.15) is 0 Å². The summed E-state index contributed by atoms with van der Waals surface area (Å²) in [6.45, 7) is 1.16. The van der Waals surface area contributed by atoms with Gasteiger partial charge in [0, 0.05) is 19.1 Å². The Morgan fingerprint density at radius 2 is 1.76 bits per heavy atom. The number of imide groups is 1. The van der Waals surface area contributed by atoms with Crippen molar-refractivity contribution in [3.8, 4) is 0 Å². The van der Waals surface area contributed by atoms with E-state index in [0.717, 1.165) is 13.2 Å². The average Bonchev–Trinajstić information content (AvgIpc) is 2.48. The minimum Gasteiger partial charge on any atom is -0.450 e. The number of ether oxygens (including phenoxy) is 1. The van der Waals surface area contributed by atoms with Crippen LogP contribution in [-0.4, -0.2) is 43.2 Å². The summed E-state index contributed by atoms with van der Waals surface area (Å²) in [7, 11) is -3.40. The second-order valence-electron chi connectivity index (χ2n) is 3.25. The third-order valence-corrected chi connectivity index (χ3v) is 3.03. The first-order valence-electron chi connectivity index (χ1n) is 4.54. The van der Waals surface area contributed by atoms with Gasteiger partial charge in [-0.1, -0.05) is 0 Å². The fourth-order valence-electron chi connectivity index (χ4n) is 0.737. The van der Waals surface area contributed by atoms with Gasteiger partial charge in [-0.05, 0) is 6.92 Å². The Kier molecular flexibility index (Phi) is 5.59. The SMILES string of the molecule is CC(OC(=O)O)S(C)(=O)=O.O=C1CCC(=O)N1. The number of hydrogen-bond donors (Lipinski definition) is 2. The summed E-state index contributed by atoms with van der Waals surface area (Å²) in [4.78, 5) is 30.0. The van der Waals surface area contributed by atoms with Gasteiger partial charge >= 0.3 is 6.16 Å². The fraction of sp³-hybridized carbons (Fsp3) is 0.625. The Bertz CT molecular complexity index is 400. The van der Waals surface area contributed by atoms with E-state index < -0.39 is 21.4 Å². The summed E-state index contributed by atoms with van der Waals surface area (Å²) < 4.78 is 24.9. The molecule has 1 atom stereocenters. The highest BCUT2D eigenvalue weighted by atomic mass is 32.2. The van der Waals surface area contributed by atoms with Crippen LogP contribution in [0.5, 0.6) is 0 Å². The lowest BCUT2D eigenvalue weighted by Gasteiger charge is -2.06. The van der Waals surface area contributed by atoms with Crippen molar-refractivity contribution in [1.82, 2.24) is 5.32 Å². The van der Waals surface area contributed by atoms with Crippen molar-refractivity contribution in [2.75, 3.05) is 6.26 Å².